The monoisotopic (exact) mass is 440 g/mol. The minimum Gasteiger partial charge on any atom is -0.297 e. The molecule has 0 unspecified atom stereocenters. The van der Waals surface area contributed by atoms with E-state index in [2.05, 4.69) is 65.9 Å². The number of benzene rings is 2. The Labute approximate surface area is 153 Å². The maximum absolute atomic E-state index is 14.1. The summed E-state index contributed by atoms with van der Waals surface area (Å²) in [5.74, 6) is -0.134. The first-order chi connectivity index (χ1) is 11.1. The lowest BCUT2D eigenvalue weighted by Gasteiger charge is -2.34. The molecule has 1 aliphatic rings. The smallest absolute Gasteiger partial charge is 0.141 e. The van der Waals surface area contributed by atoms with Crippen LogP contribution in [0.4, 0.5) is 4.39 Å². The van der Waals surface area contributed by atoms with Crippen molar-refractivity contribution in [2.45, 2.75) is 13.1 Å². The third-order valence-corrected chi connectivity index (χ3v) is 5.35. The summed E-state index contributed by atoms with van der Waals surface area (Å²) in [5, 5.41) is 0. The number of nitrogens with zero attached hydrogens (tertiary/aromatic N) is 2. The minimum absolute atomic E-state index is 0.134. The van der Waals surface area contributed by atoms with E-state index in [0.717, 1.165) is 42.8 Å². The largest absolute Gasteiger partial charge is 0.297 e. The molecule has 0 amide bonds. The Kier molecular flexibility index (Phi) is 5.85. The third-order valence-electron chi connectivity index (χ3n) is 4.21. The van der Waals surface area contributed by atoms with Crippen molar-refractivity contribution in [3.8, 4) is 0 Å². The van der Waals surface area contributed by atoms with Crippen LogP contribution in [0.1, 0.15) is 11.1 Å². The van der Waals surface area contributed by atoms with Crippen molar-refractivity contribution >= 4 is 31.9 Å². The van der Waals surface area contributed by atoms with E-state index in [0.29, 0.717) is 11.0 Å². The molecule has 0 atom stereocenters. The molecule has 0 bridgehead atoms. The quantitative estimate of drug-likeness (QED) is 0.680. The second kappa shape index (κ2) is 7.88. The van der Waals surface area contributed by atoms with Crippen LogP contribution in [0.15, 0.2) is 51.4 Å². The van der Waals surface area contributed by atoms with E-state index in [1.807, 2.05) is 12.1 Å². The van der Waals surface area contributed by atoms with Crippen molar-refractivity contribution in [3.05, 3.63) is 68.4 Å². The van der Waals surface area contributed by atoms with Crippen molar-refractivity contribution in [2.24, 2.45) is 0 Å². The molecular weight excluding hydrogens is 423 g/mol. The van der Waals surface area contributed by atoms with Crippen LogP contribution in [0.5, 0.6) is 0 Å². The van der Waals surface area contributed by atoms with Gasteiger partial charge in [-0.05, 0) is 39.7 Å². The van der Waals surface area contributed by atoms with Gasteiger partial charge in [-0.15, -0.1) is 0 Å². The summed E-state index contributed by atoms with van der Waals surface area (Å²) < 4.78 is 15.7. The van der Waals surface area contributed by atoms with E-state index in [1.165, 1.54) is 5.56 Å². The maximum atomic E-state index is 14.1. The molecule has 1 heterocycles. The highest BCUT2D eigenvalue weighted by Gasteiger charge is 2.18. The first-order valence-electron chi connectivity index (χ1n) is 7.74. The Bertz CT molecular complexity index is 653. The van der Waals surface area contributed by atoms with Crippen molar-refractivity contribution in [2.75, 3.05) is 26.2 Å². The fraction of sp³-hybridized carbons (Fsp3) is 0.333. The van der Waals surface area contributed by atoms with Crippen LogP contribution in [-0.4, -0.2) is 36.0 Å². The Hall–Kier alpha value is -0.750. The summed E-state index contributed by atoms with van der Waals surface area (Å²) in [7, 11) is 0. The molecule has 1 fully saturated rings. The summed E-state index contributed by atoms with van der Waals surface area (Å²) in [4.78, 5) is 4.78. The number of hydrogen-bond donors (Lipinski definition) is 0. The number of hydrogen-bond acceptors (Lipinski definition) is 2. The number of halogens is 3. The first kappa shape index (κ1) is 17.1. The van der Waals surface area contributed by atoms with E-state index < -0.39 is 0 Å². The molecule has 3 rings (SSSR count). The van der Waals surface area contributed by atoms with Crippen LogP contribution in [-0.2, 0) is 13.1 Å². The highest BCUT2D eigenvalue weighted by Crippen LogP contribution is 2.20. The van der Waals surface area contributed by atoms with Gasteiger partial charge in [0, 0.05) is 49.3 Å². The Balaban J connectivity index is 1.52. The average Bonchev–Trinajstić information content (AvgIpc) is 2.56. The fourth-order valence-corrected chi connectivity index (χ4v) is 3.54. The zero-order chi connectivity index (χ0) is 16.2. The third kappa shape index (κ3) is 4.63. The van der Waals surface area contributed by atoms with E-state index in [4.69, 9.17) is 0 Å². The molecule has 0 aromatic heterocycles. The van der Waals surface area contributed by atoms with Crippen LogP contribution < -0.4 is 0 Å². The molecule has 0 saturated carbocycles. The van der Waals surface area contributed by atoms with Gasteiger partial charge in [0.1, 0.15) is 5.82 Å². The van der Waals surface area contributed by atoms with Gasteiger partial charge < -0.3 is 0 Å². The summed E-state index contributed by atoms with van der Waals surface area (Å²) >= 11 is 6.72. The lowest BCUT2D eigenvalue weighted by Crippen LogP contribution is -2.45. The highest BCUT2D eigenvalue weighted by atomic mass is 79.9. The van der Waals surface area contributed by atoms with E-state index >= 15 is 0 Å². The Morgan fingerprint density at radius 1 is 0.826 bits per heavy atom. The normalized spacial score (nSPS) is 16.7. The van der Waals surface area contributed by atoms with Crippen LogP contribution in [0.3, 0.4) is 0 Å². The number of rotatable bonds is 4. The van der Waals surface area contributed by atoms with Gasteiger partial charge in [0.15, 0.2) is 0 Å². The van der Waals surface area contributed by atoms with E-state index in [1.54, 1.807) is 6.07 Å². The second-order valence-corrected chi connectivity index (χ2v) is 7.66. The summed E-state index contributed by atoms with van der Waals surface area (Å²) in [6, 6.07) is 14.0. The molecule has 23 heavy (non-hydrogen) atoms. The zero-order valence-corrected chi connectivity index (χ0v) is 16.0. The zero-order valence-electron chi connectivity index (χ0n) is 12.8. The molecule has 0 radical (unpaired) electrons. The molecule has 1 aliphatic heterocycles. The predicted octanol–water partition coefficient (Wildman–Crippen LogP) is 4.67. The molecule has 2 aromatic rings. The molecule has 1 saturated heterocycles. The molecule has 0 spiro atoms. The average molecular weight is 442 g/mol. The van der Waals surface area contributed by atoms with Crippen LogP contribution in [0.2, 0.25) is 0 Å². The minimum atomic E-state index is -0.134. The molecule has 5 heteroatoms. The Morgan fingerprint density at radius 3 is 2.09 bits per heavy atom. The van der Waals surface area contributed by atoms with Crippen molar-refractivity contribution < 1.29 is 4.39 Å². The molecule has 122 valence electrons. The van der Waals surface area contributed by atoms with Gasteiger partial charge in [0.05, 0.1) is 4.47 Å². The van der Waals surface area contributed by atoms with Gasteiger partial charge in [-0.3, -0.25) is 9.80 Å². The lowest BCUT2D eigenvalue weighted by atomic mass is 10.1. The standard InChI is InChI=1S/C18H19Br2FN2/c19-16-6-4-14(5-7-16)12-22-8-10-23(11-9-22)13-15-2-1-3-17(20)18(15)21/h1-7H,8-13H2. The summed E-state index contributed by atoms with van der Waals surface area (Å²) in [6.45, 7) is 5.64. The van der Waals surface area contributed by atoms with Crippen LogP contribution in [0.25, 0.3) is 0 Å². The van der Waals surface area contributed by atoms with Gasteiger partial charge >= 0.3 is 0 Å². The molecular formula is C18H19Br2FN2. The molecule has 0 N–H and O–H groups in total. The van der Waals surface area contributed by atoms with Gasteiger partial charge in [-0.1, -0.05) is 40.2 Å². The fourth-order valence-electron chi connectivity index (χ4n) is 2.87. The van der Waals surface area contributed by atoms with Gasteiger partial charge in [-0.25, -0.2) is 4.39 Å². The number of piperazine rings is 1. The van der Waals surface area contributed by atoms with Gasteiger partial charge in [-0.2, -0.15) is 0 Å². The van der Waals surface area contributed by atoms with Crippen molar-refractivity contribution in [3.63, 3.8) is 0 Å². The topological polar surface area (TPSA) is 6.48 Å². The van der Waals surface area contributed by atoms with Crippen molar-refractivity contribution in [1.82, 2.24) is 9.80 Å². The maximum Gasteiger partial charge on any atom is 0.141 e. The first-order valence-corrected chi connectivity index (χ1v) is 9.32. The lowest BCUT2D eigenvalue weighted by molar-refractivity contribution is 0.121. The highest BCUT2D eigenvalue weighted by molar-refractivity contribution is 9.10. The molecule has 0 aliphatic carbocycles. The SMILES string of the molecule is Fc1c(Br)cccc1CN1CCN(Cc2ccc(Br)cc2)CC1. The summed E-state index contributed by atoms with van der Waals surface area (Å²) in [5.41, 5.74) is 2.10. The van der Waals surface area contributed by atoms with Gasteiger partial charge in [0.2, 0.25) is 0 Å². The van der Waals surface area contributed by atoms with Gasteiger partial charge in [0.25, 0.3) is 0 Å². The van der Waals surface area contributed by atoms with E-state index in [9.17, 15) is 4.39 Å². The van der Waals surface area contributed by atoms with Crippen LogP contribution in [0, 0.1) is 5.82 Å². The van der Waals surface area contributed by atoms with Crippen LogP contribution >= 0.6 is 31.9 Å². The van der Waals surface area contributed by atoms with E-state index in [-0.39, 0.29) is 5.82 Å². The molecule has 2 nitrogen and oxygen atoms in total. The van der Waals surface area contributed by atoms with Crippen molar-refractivity contribution in [1.29, 1.82) is 0 Å². The Morgan fingerprint density at radius 2 is 1.43 bits per heavy atom. The summed E-state index contributed by atoms with van der Waals surface area (Å²) in [6.07, 6.45) is 0. The second-order valence-electron chi connectivity index (χ2n) is 5.89. The predicted molar refractivity (Wildman–Crippen MR) is 98.8 cm³/mol. The molecule has 2 aromatic carbocycles.